The Labute approximate surface area is 118 Å². The lowest BCUT2D eigenvalue weighted by Crippen LogP contribution is -2.21. The number of aryl methyl sites for hydroxylation is 1. The van der Waals surface area contributed by atoms with E-state index in [1.165, 1.54) is 6.92 Å². The van der Waals surface area contributed by atoms with Gasteiger partial charge in [0.05, 0.1) is 4.92 Å². The van der Waals surface area contributed by atoms with Crippen molar-refractivity contribution in [3.63, 3.8) is 0 Å². The Morgan fingerprint density at radius 2 is 2.15 bits per heavy atom. The van der Waals surface area contributed by atoms with Crippen molar-refractivity contribution in [1.82, 2.24) is 9.97 Å². The minimum Gasteiger partial charge on any atom is -0.362 e. The number of hydrazine groups is 1. The topological polar surface area (TPSA) is 136 Å². The van der Waals surface area contributed by atoms with Crippen molar-refractivity contribution in [3.05, 3.63) is 15.8 Å². The summed E-state index contributed by atoms with van der Waals surface area (Å²) in [6.45, 7) is 3.35. The van der Waals surface area contributed by atoms with Gasteiger partial charge in [-0.3, -0.25) is 19.7 Å². The molecule has 9 nitrogen and oxygen atoms in total. The molecule has 0 fully saturated rings. The van der Waals surface area contributed by atoms with E-state index in [0.717, 1.165) is 0 Å². The zero-order chi connectivity index (χ0) is 15.3. The zero-order valence-electron chi connectivity index (χ0n) is 11.5. The number of nitro groups is 1. The third-order valence-corrected chi connectivity index (χ3v) is 3.40. The van der Waals surface area contributed by atoms with Gasteiger partial charge in [-0.15, -0.1) is 0 Å². The predicted molar refractivity (Wildman–Crippen MR) is 77.9 cm³/mol. The van der Waals surface area contributed by atoms with E-state index in [4.69, 9.17) is 5.84 Å². The van der Waals surface area contributed by atoms with Crippen LogP contribution >= 0.6 is 0 Å². The van der Waals surface area contributed by atoms with Crippen molar-refractivity contribution in [2.45, 2.75) is 26.3 Å². The Bertz CT molecular complexity index is 524. The van der Waals surface area contributed by atoms with Crippen LogP contribution in [0.5, 0.6) is 0 Å². The second-order valence-corrected chi connectivity index (χ2v) is 5.90. The quantitative estimate of drug-likeness (QED) is 0.377. The van der Waals surface area contributed by atoms with Gasteiger partial charge in [0.25, 0.3) is 0 Å². The normalized spacial score (nSPS) is 13.6. The molecular weight excluding hydrogens is 284 g/mol. The molecule has 0 aliphatic heterocycles. The summed E-state index contributed by atoms with van der Waals surface area (Å²) >= 11 is 0. The average molecular weight is 302 g/mol. The Hall–Kier alpha value is -1.81. The standard InChI is InChI=1S/C10H18N6O3S/c1-6(4-5-20(3)19)12-9-8(16(17)18)7(2)13-10(14-9)15-11/h6H,4-5,11H2,1-3H3,(H2,12,13,14,15). The average Bonchev–Trinajstić information content (AvgIpc) is 2.35. The first-order chi connectivity index (χ1) is 9.35. The Kier molecular flexibility index (Phi) is 5.77. The van der Waals surface area contributed by atoms with Gasteiger partial charge in [-0.1, -0.05) is 0 Å². The summed E-state index contributed by atoms with van der Waals surface area (Å²) in [5.41, 5.74) is 2.29. The number of hydrogen-bond acceptors (Lipinski definition) is 8. The second-order valence-electron chi connectivity index (χ2n) is 4.34. The first-order valence-corrected chi connectivity index (χ1v) is 7.64. The van der Waals surface area contributed by atoms with Gasteiger partial charge < -0.3 is 5.32 Å². The summed E-state index contributed by atoms with van der Waals surface area (Å²) in [5, 5.41) is 14.0. The summed E-state index contributed by atoms with van der Waals surface area (Å²) < 4.78 is 11.1. The highest BCUT2D eigenvalue weighted by Gasteiger charge is 2.23. The van der Waals surface area contributed by atoms with E-state index in [1.54, 1.807) is 6.26 Å². The Balaban J connectivity index is 2.99. The second kappa shape index (κ2) is 7.10. The molecule has 0 saturated carbocycles. The first-order valence-electron chi connectivity index (χ1n) is 5.91. The van der Waals surface area contributed by atoms with Gasteiger partial charge in [-0.25, -0.2) is 10.8 Å². The van der Waals surface area contributed by atoms with Crippen LogP contribution in [0.25, 0.3) is 0 Å². The Morgan fingerprint density at radius 1 is 1.50 bits per heavy atom. The van der Waals surface area contributed by atoms with Gasteiger partial charge in [0, 0.05) is 28.9 Å². The zero-order valence-corrected chi connectivity index (χ0v) is 12.4. The van der Waals surface area contributed by atoms with Crippen molar-refractivity contribution in [1.29, 1.82) is 0 Å². The van der Waals surface area contributed by atoms with Crippen LogP contribution in [-0.4, -0.2) is 37.2 Å². The van der Waals surface area contributed by atoms with Gasteiger partial charge in [-0.05, 0) is 20.3 Å². The molecular formula is C10H18N6O3S. The van der Waals surface area contributed by atoms with Gasteiger partial charge in [0.1, 0.15) is 5.69 Å². The Morgan fingerprint density at radius 3 is 2.65 bits per heavy atom. The molecule has 0 aromatic carbocycles. The van der Waals surface area contributed by atoms with Crippen LogP contribution in [0.2, 0.25) is 0 Å². The lowest BCUT2D eigenvalue weighted by Gasteiger charge is -2.15. The number of rotatable bonds is 7. The van der Waals surface area contributed by atoms with Crippen LogP contribution in [0, 0.1) is 17.0 Å². The number of nitrogen functional groups attached to an aromatic ring is 1. The van der Waals surface area contributed by atoms with E-state index in [1.807, 2.05) is 6.92 Å². The van der Waals surface area contributed by atoms with E-state index in [9.17, 15) is 14.3 Å². The molecule has 4 N–H and O–H groups in total. The SMILES string of the molecule is Cc1nc(NN)nc(NC(C)CCS(C)=O)c1[N+](=O)[O-]. The molecule has 0 amide bonds. The van der Waals surface area contributed by atoms with E-state index in [2.05, 4.69) is 20.7 Å². The van der Waals surface area contributed by atoms with Crippen molar-refractivity contribution >= 4 is 28.3 Å². The molecule has 112 valence electrons. The van der Waals surface area contributed by atoms with E-state index in [0.29, 0.717) is 12.2 Å². The number of nitrogens with zero attached hydrogens (tertiary/aromatic N) is 3. The maximum absolute atomic E-state index is 11.1. The summed E-state index contributed by atoms with van der Waals surface area (Å²) in [6, 6.07) is -0.113. The molecule has 0 aliphatic rings. The maximum atomic E-state index is 11.1. The molecule has 20 heavy (non-hydrogen) atoms. The van der Waals surface area contributed by atoms with Crippen molar-refractivity contribution in [2.24, 2.45) is 5.84 Å². The lowest BCUT2D eigenvalue weighted by atomic mass is 10.2. The molecule has 10 heteroatoms. The molecule has 1 aromatic rings. The van der Waals surface area contributed by atoms with Gasteiger partial charge >= 0.3 is 5.69 Å². The molecule has 0 spiro atoms. The van der Waals surface area contributed by atoms with Crippen molar-refractivity contribution < 1.29 is 9.13 Å². The van der Waals surface area contributed by atoms with Gasteiger partial charge in [0.15, 0.2) is 0 Å². The van der Waals surface area contributed by atoms with Gasteiger partial charge in [-0.2, -0.15) is 4.98 Å². The minimum absolute atomic E-state index is 0.0990. The third-order valence-electron chi connectivity index (χ3n) is 2.59. The van der Waals surface area contributed by atoms with Gasteiger partial charge in [0.2, 0.25) is 11.8 Å². The number of nitrogens with two attached hydrogens (primary N) is 1. The third kappa shape index (κ3) is 4.38. The molecule has 0 aliphatic carbocycles. The van der Waals surface area contributed by atoms with E-state index < -0.39 is 15.7 Å². The van der Waals surface area contributed by atoms with Crippen LogP contribution < -0.4 is 16.6 Å². The smallest absolute Gasteiger partial charge is 0.332 e. The highest BCUT2D eigenvalue weighted by molar-refractivity contribution is 7.84. The summed E-state index contributed by atoms with van der Waals surface area (Å²) in [4.78, 5) is 18.4. The fourth-order valence-corrected chi connectivity index (χ4v) is 2.28. The minimum atomic E-state index is -0.908. The molecule has 2 atom stereocenters. The number of aromatic nitrogens is 2. The number of nitrogens with one attached hydrogen (secondary N) is 2. The van der Waals surface area contributed by atoms with Crippen LogP contribution in [0.4, 0.5) is 17.5 Å². The van der Waals surface area contributed by atoms with Crippen LogP contribution in [0.15, 0.2) is 0 Å². The summed E-state index contributed by atoms with van der Waals surface area (Å²) in [5.74, 6) is 5.94. The molecule has 2 unspecified atom stereocenters. The van der Waals surface area contributed by atoms with E-state index in [-0.39, 0.29) is 29.2 Å². The number of anilines is 2. The molecule has 1 heterocycles. The monoisotopic (exact) mass is 302 g/mol. The summed E-state index contributed by atoms with van der Waals surface area (Å²) in [6.07, 6.45) is 2.22. The van der Waals surface area contributed by atoms with E-state index >= 15 is 0 Å². The summed E-state index contributed by atoms with van der Waals surface area (Å²) in [7, 11) is -0.908. The lowest BCUT2D eigenvalue weighted by molar-refractivity contribution is -0.385. The molecule has 0 radical (unpaired) electrons. The molecule has 1 aromatic heterocycles. The highest BCUT2D eigenvalue weighted by Crippen LogP contribution is 2.27. The largest absolute Gasteiger partial charge is 0.362 e. The maximum Gasteiger partial charge on any atom is 0.332 e. The predicted octanol–water partition coefficient (Wildman–Crippen LogP) is 0.548. The van der Waals surface area contributed by atoms with Crippen molar-refractivity contribution in [2.75, 3.05) is 22.8 Å². The molecule has 0 bridgehead atoms. The highest BCUT2D eigenvalue weighted by atomic mass is 32.2. The van der Waals surface area contributed by atoms with Crippen molar-refractivity contribution in [3.8, 4) is 0 Å². The fraction of sp³-hybridized carbons (Fsp3) is 0.600. The van der Waals surface area contributed by atoms with Crippen LogP contribution in [0.3, 0.4) is 0 Å². The number of hydrogen-bond donors (Lipinski definition) is 3. The van der Waals surface area contributed by atoms with Crippen LogP contribution in [0.1, 0.15) is 19.0 Å². The fourth-order valence-electron chi connectivity index (χ4n) is 1.60. The first kappa shape index (κ1) is 16.2. The molecule has 0 saturated heterocycles. The molecule has 1 rings (SSSR count). The van der Waals surface area contributed by atoms with Crippen LogP contribution in [-0.2, 0) is 10.8 Å².